The van der Waals surface area contributed by atoms with Crippen molar-refractivity contribution >= 4 is 40.5 Å². The molecular formula is C14H18ClN3OS. The second-order valence-electron chi connectivity index (χ2n) is 5.00. The monoisotopic (exact) mass is 311 g/mol. The molecule has 2 rings (SSSR count). The summed E-state index contributed by atoms with van der Waals surface area (Å²) >= 11 is 11.5. The van der Waals surface area contributed by atoms with E-state index in [1.807, 2.05) is 30.0 Å². The molecule has 20 heavy (non-hydrogen) atoms. The number of benzene rings is 1. The number of halogens is 1. The van der Waals surface area contributed by atoms with Crippen molar-refractivity contribution in [1.29, 1.82) is 0 Å². The standard InChI is InChI=1S/C14H18ClN3OS/c1-9-5-6-10(8-11(9)15)17-14(20)18-7-3-2-4-12(18)13(16)19/h5-6,8,12H,2-4,7H2,1H3,(H2,16,19)(H,17,20)/t12-/m1/s1. The maximum atomic E-state index is 11.5. The molecule has 0 saturated carbocycles. The van der Waals surface area contributed by atoms with Crippen molar-refractivity contribution in [3.8, 4) is 0 Å². The van der Waals surface area contributed by atoms with Crippen molar-refractivity contribution in [3.05, 3.63) is 28.8 Å². The van der Waals surface area contributed by atoms with Gasteiger partial charge in [-0.05, 0) is 56.1 Å². The lowest BCUT2D eigenvalue weighted by Crippen LogP contribution is -2.51. The van der Waals surface area contributed by atoms with E-state index >= 15 is 0 Å². The Kier molecular flexibility index (Phi) is 4.83. The molecule has 1 amide bonds. The van der Waals surface area contributed by atoms with Crippen LogP contribution in [0.4, 0.5) is 5.69 Å². The van der Waals surface area contributed by atoms with E-state index in [2.05, 4.69) is 5.32 Å². The number of thiocarbonyl (C=S) groups is 1. The lowest BCUT2D eigenvalue weighted by atomic mass is 10.0. The zero-order valence-electron chi connectivity index (χ0n) is 11.4. The van der Waals surface area contributed by atoms with Gasteiger partial charge in [0.15, 0.2) is 5.11 Å². The molecule has 0 unspecified atom stereocenters. The number of nitrogens with one attached hydrogen (secondary N) is 1. The third-order valence-electron chi connectivity index (χ3n) is 3.52. The van der Waals surface area contributed by atoms with Crippen LogP contribution in [0.3, 0.4) is 0 Å². The van der Waals surface area contributed by atoms with Gasteiger partial charge in [0.1, 0.15) is 6.04 Å². The molecule has 0 radical (unpaired) electrons. The van der Waals surface area contributed by atoms with Crippen molar-refractivity contribution < 1.29 is 4.79 Å². The van der Waals surface area contributed by atoms with Gasteiger partial charge in [-0.15, -0.1) is 0 Å². The van der Waals surface area contributed by atoms with E-state index < -0.39 is 0 Å². The second-order valence-corrected chi connectivity index (χ2v) is 5.80. The molecule has 1 aromatic rings. The number of piperidine rings is 1. The molecule has 108 valence electrons. The Morgan fingerprint density at radius 2 is 2.25 bits per heavy atom. The zero-order chi connectivity index (χ0) is 14.7. The lowest BCUT2D eigenvalue weighted by Gasteiger charge is -2.35. The Morgan fingerprint density at radius 3 is 2.90 bits per heavy atom. The summed E-state index contributed by atoms with van der Waals surface area (Å²) in [5.41, 5.74) is 7.27. The largest absolute Gasteiger partial charge is 0.368 e. The Labute approximate surface area is 129 Å². The maximum Gasteiger partial charge on any atom is 0.240 e. The third kappa shape index (κ3) is 3.41. The van der Waals surface area contributed by atoms with Gasteiger partial charge in [0.2, 0.25) is 5.91 Å². The number of carbonyl (C=O) groups excluding carboxylic acids is 1. The van der Waals surface area contributed by atoms with Gasteiger partial charge in [-0.25, -0.2) is 0 Å². The average molecular weight is 312 g/mol. The smallest absolute Gasteiger partial charge is 0.240 e. The highest BCUT2D eigenvalue weighted by Gasteiger charge is 2.28. The number of anilines is 1. The van der Waals surface area contributed by atoms with Gasteiger partial charge in [0, 0.05) is 17.3 Å². The van der Waals surface area contributed by atoms with Gasteiger partial charge in [-0.1, -0.05) is 17.7 Å². The number of amides is 1. The molecule has 3 N–H and O–H groups in total. The number of primary amides is 1. The van der Waals surface area contributed by atoms with Crippen LogP contribution in [0.15, 0.2) is 18.2 Å². The molecule has 0 spiro atoms. The number of nitrogens with two attached hydrogens (primary N) is 1. The van der Waals surface area contributed by atoms with Crippen LogP contribution in [0.2, 0.25) is 5.02 Å². The molecular weight excluding hydrogens is 294 g/mol. The molecule has 0 aliphatic carbocycles. The fourth-order valence-corrected chi connectivity index (χ4v) is 2.85. The molecule has 1 heterocycles. The highest BCUT2D eigenvalue weighted by molar-refractivity contribution is 7.80. The topological polar surface area (TPSA) is 58.4 Å². The van der Waals surface area contributed by atoms with E-state index in [-0.39, 0.29) is 11.9 Å². The van der Waals surface area contributed by atoms with Gasteiger partial charge in [0.05, 0.1) is 0 Å². The van der Waals surface area contributed by atoms with Crippen LogP contribution >= 0.6 is 23.8 Å². The molecule has 0 aromatic heterocycles. The summed E-state index contributed by atoms with van der Waals surface area (Å²) < 4.78 is 0. The summed E-state index contributed by atoms with van der Waals surface area (Å²) in [5.74, 6) is -0.323. The van der Waals surface area contributed by atoms with E-state index in [4.69, 9.17) is 29.6 Å². The minimum absolute atomic E-state index is 0.315. The first kappa shape index (κ1) is 15.1. The van der Waals surface area contributed by atoms with Crippen molar-refractivity contribution in [1.82, 2.24) is 4.90 Å². The summed E-state index contributed by atoms with van der Waals surface area (Å²) in [6.07, 6.45) is 2.77. The van der Waals surface area contributed by atoms with Crippen molar-refractivity contribution in [3.63, 3.8) is 0 Å². The second kappa shape index (κ2) is 6.41. The minimum Gasteiger partial charge on any atom is -0.368 e. The first-order valence-electron chi connectivity index (χ1n) is 6.62. The Hall–Kier alpha value is -1.33. The predicted molar refractivity (Wildman–Crippen MR) is 85.9 cm³/mol. The predicted octanol–water partition coefficient (Wildman–Crippen LogP) is 2.69. The minimum atomic E-state index is -0.323. The molecule has 1 fully saturated rings. The first-order valence-corrected chi connectivity index (χ1v) is 7.41. The van der Waals surface area contributed by atoms with E-state index in [0.717, 1.165) is 37.1 Å². The molecule has 1 atom stereocenters. The molecule has 1 saturated heterocycles. The molecule has 4 nitrogen and oxygen atoms in total. The number of hydrogen-bond donors (Lipinski definition) is 2. The number of carbonyl (C=O) groups is 1. The van der Waals surface area contributed by atoms with Gasteiger partial charge >= 0.3 is 0 Å². The molecule has 0 bridgehead atoms. The first-order chi connectivity index (χ1) is 9.49. The van der Waals surface area contributed by atoms with Crippen molar-refractivity contribution in [2.45, 2.75) is 32.2 Å². The van der Waals surface area contributed by atoms with E-state index in [9.17, 15) is 4.79 Å². The lowest BCUT2D eigenvalue weighted by molar-refractivity contribution is -0.122. The summed E-state index contributed by atoms with van der Waals surface area (Å²) in [6.45, 7) is 2.69. The Morgan fingerprint density at radius 1 is 1.50 bits per heavy atom. The van der Waals surface area contributed by atoms with E-state index in [1.54, 1.807) is 0 Å². The van der Waals surface area contributed by atoms with Crippen LogP contribution in [0.25, 0.3) is 0 Å². The normalized spacial score (nSPS) is 18.7. The highest BCUT2D eigenvalue weighted by Crippen LogP contribution is 2.22. The fourth-order valence-electron chi connectivity index (χ4n) is 2.34. The number of aryl methyl sites for hydroxylation is 1. The summed E-state index contributed by atoms with van der Waals surface area (Å²) in [7, 11) is 0. The number of likely N-dealkylation sites (tertiary alicyclic amines) is 1. The number of nitrogens with zero attached hydrogens (tertiary/aromatic N) is 1. The fraction of sp³-hybridized carbons (Fsp3) is 0.429. The van der Waals surface area contributed by atoms with Crippen LogP contribution in [0.5, 0.6) is 0 Å². The number of rotatable bonds is 2. The van der Waals surface area contributed by atoms with Crippen molar-refractivity contribution in [2.24, 2.45) is 5.73 Å². The molecule has 1 aromatic carbocycles. The van der Waals surface area contributed by atoms with Gasteiger partial charge in [-0.3, -0.25) is 4.79 Å². The molecule has 1 aliphatic heterocycles. The van der Waals surface area contributed by atoms with Crippen molar-refractivity contribution in [2.75, 3.05) is 11.9 Å². The maximum absolute atomic E-state index is 11.5. The van der Waals surface area contributed by atoms with Crippen LogP contribution < -0.4 is 11.1 Å². The van der Waals surface area contributed by atoms with E-state index in [1.165, 1.54) is 0 Å². The highest BCUT2D eigenvalue weighted by atomic mass is 35.5. The molecule has 6 heteroatoms. The summed E-state index contributed by atoms with van der Waals surface area (Å²) in [5, 5.41) is 4.33. The average Bonchev–Trinajstić information content (AvgIpc) is 2.43. The quantitative estimate of drug-likeness (QED) is 0.825. The Bertz CT molecular complexity index is 535. The summed E-state index contributed by atoms with van der Waals surface area (Å²) in [4.78, 5) is 13.4. The van der Waals surface area contributed by atoms with Crippen LogP contribution in [0.1, 0.15) is 24.8 Å². The van der Waals surface area contributed by atoms with Gasteiger partial charge in [-0.2, -0.15) is 0 Å². The SMILES string of the molecule is Cc1ccc(NC(=S)N2CCCC[C@@H]2C(N)=O)cc1Cl. The number of hydrogen-bond acceptors (Lipinski definition) is 2. The molecule has 1 aliphatic rings. The van der Waals surface area contributed by atoms with Gasteiger partial charge < -0.3 is 16.0 Å². The third-order valence-corrected chi connectivity index (χ3v) is 4.26. The van der Waals surface area contributed by atoms with E-state index in [0.29, 0.717) is 10.1 Å². The Balaban J connectivity index is 2.09. The zero-order valence-corrected chi connectivity index (χ0v) is 12.9. The van der Waals surface area contributed by atoms with Gasteiger partial charge in [0.25, 0.3) is 0 Å². The van der Waals surface area contributed by atoms with Crippen LogP contribution in [-0.2, 0) is 4.79 Å². The van der Waals surface area contributed by atoms with Crippen LogP contribution in [0, 0.1) is 6.92 Å². The summed E-state index contributed by atoms with van der Waals surface area (Å²) in [6, 6.07) is 5.35. The van der Waals surface area contributed by atoms with Crippen LogP contribution in [-0.4, -0.2) is 28.5 Å².